The number of aryl methyl sites for hydroxylation is 2. The van der Waals surface area contributed by atoms with Crippen molar-refractivity contribution >= 4 is 0 Å². The van der Waals surface area contributed by atoms with Gasteiger partial charge in [-0.25, -0.2) is 0 Å². The van der Waals surface area contributed by atoms with Gasteiger partial charge in [-0.2, -0.15) is 0 Å². The first-order valence-electron chi connectivity index (χ1n) is 8.24. The quantitative estimate of drug-likeness (QED) is 0.455. The Bertz CT molecular complexity index is 319. The molecule has 0 N–H and O–H groups in total. The van der Waals surface area contributed by atoms with Gasteiger partial charge in [0.25, 0.3) is 0 Å². The van der Waals surface area contributed by atoms with E-state index >= 15 is 0 Å². The predicted octanol–water partition coefficient (Wildman–Crippen LogP) is 5.85. The van der Waals surface area contributed by atoms with Crippen LogP contribution >= 0.6 is 0 Å². The van der Waals surface area contributed by atoms with Crippen molar-refractivity contribution in [1.82, 2.24) is 4.98 Å². The largest absolute Gasteiger partial charge is 0.261 e. The Morgan fingerprint density at radius 3 is 2.00 bits per heavy atom. The number of nitrogens with zero attached hydrogens (tertiary/aromatic N) is 1. The molecule has 0 aliphatic rings. The van der Waals surface area contributed by atoms with Crippen molar-refractivity contribution < 1.29 is 0 Å². The SMILES string of the molecule is CCCCCCCCCCCCc1cc(C)ccn1. The number of hydrogen-bond acceptors (Lipinski definition) is 1. The van der Waals surface area contributed by atoms with E-state index in [9.17, 15) is 0 Å². The second kappa shape index (κ2) is 11.0. The molecule has 0 saturated carbocycles. The fraction of sp³-hybridized carbons (Fsp3) is 0.722. The molecule has 1 aromatic rings. The lowest BCUT2D eigenvalue weighted by molar-refractivity contribution is 0.555. The third-order valence-corrected chi connectivity index (χ3v) is 3.76. The van der Waals surface area contributed by atoms with Crippen LogP contribution in [0.3, 0.4) is 0 Å². The van der Waals surface area contributed by atoms with Gasteiger partial charge in [0, 0.05) is 11.9 Å². The number of unbranched alkanes of at least 4 members (excludes halogenated alkanes) is 9. The molecule has 0 fully saturated rings. The van der Waals surface area contributed by atoms with Gasteiger partial charge in [-0.15, -0.1) is 0 Å². The first-order chi connectivity index (χ1) is 9.33. The van der Waals surface area contributed by atoms with Gasteiger partial charge in [-0.05, 0) is 37.5 Å². The number of pyridine rings is 1. The molecule has 0 saturated heterocycles. The highest BCUT2D eigenvalue weighted by Gasteiger charge is 1.96. The van der Waals surface area contributed by atoms with Gasteiger partial charge in [-0.3, -0.25) is 4.98 Å². The van der Waals surface area contributed by atoms with E-state index in [0.717, 1.165) is 6.42 Å². The fourth-order valence-electron chi connectivity index (χ4n) is 2.53. The highest BCUT2D eigenvalue weighted by molar-refractivity contribution is 5.14. The lowest BCUT2D eigenvalue weighted by atomic mass is 10.0. The van der Waals surface area contributed by atoms with E-state index in [2.05, 4.69) is 31.0 Å². The van der Waals surface area contributed by atoms with Crippen LogP contribution in [0.15, 0.2) is 18.3 Å². The van der Waals surface area contributed by atoms with Crippen molar-refractivity contribution in [3.63, 3.8) is 0 Å². The zero-order chi connectivity index (χ0) is 13.8. The summed E-state index contributed by atoms with van der Waals surface area (Å²) in [6.07, 6.45) is 17.1. The summed E-state index contributed by atoms with van der Waals surface area (Å²) >= 11 is 0. The van der Waals surface area contributed by atoms with Gasteiger partial charge in [0.15, 0.2) is 0 Å². The van der Waals surface area contributed by atoms with Crippen LogP contribution in [0.2, 0.25) is 0 Å². The Morgan fingerprint density at radius 1 is 0.842 bits per heavy atom. The van der Waals surface area contributed by atoms with Crippen LogP contribution in [0.4, 0.5) is 0 Å². The minimum absolute atomic E-state index is 1.15. The highest BCUT2D eigenvalue weighted by atomic mass is 14.7. The third kappa shape index (κ3) is 8.80. The van der Waals surface area contributed by atoms with Gasteiger partial charge in [0.1, 0.15) is 0 Å². The van der Waals surface area contributed by atoms with Crippen LogP contribution in [0.1, 0.15) is 82.4 Å². The summed E-state index contributed by atoms with van der Waals surface area (Å²) in [7, 11) is 0. The minimum Gasteiger partial charge on any atom is -0.261 e. The van der Waals surface area contributed by atoms with Gasteiger partial charge in [-0.1, -0.05) is 64.7 Å². The van der Waals surface area contributed by atoms with E-state index in [1.165, 1.54) is 75.5 Å². The molecule has 1 rings (SSSR count). The summed E-state index contributed by atoms with van der Waals surface area (Å²) in [5, 5.41) is 0. The zero-order valence-corrected chi connectivity index (χ0v) is 13.0. The summed E-state index contributed by atoms with van der Waals surface area (Å²) in [6, 6.07) is 4.29. The Kier molecular flexibility index (Phi) is 9.40. The summed E-state index contributed by atoms with van der Waals surface area (Å²) in [5.41, 5.74) is 2.59. The zero-order valence-electron chi connectivity index (χ0n) is 13.0. The first-order valence-corrected chi connectivity index (χ1v) is 8.24. The topological polar surface area (TPSA) is 12.9 Å². The van der Waals surface area contributed by atoms with Crippen LogP contribution in [-0.2, 0) is 6.42 Å². The van der Waals surface area contributed by atoms with Crippen molar-refractivity contribution in [3.05, 3.63) is 29.6 Å². The molecule has 0 aliphatic carbocycles. The monoisotopic (exact) mass is 261 g/mol. The molecule has 1 aromatic heterocycles. The van der Waals surface area contributed by atoms with E-state index in [1.54, 1.807) is 0 Å². The highest BCUT2D eigenvalue weighted by Crippen LogP contribution is 2.12. The minimum atomic E-state index is 1.15. The second-order valence-electron chi connectivity index (χ2n) is 5.76. The van der Waals surface area contributed by atoms with Crippen LogP contribution in [0, 0.1) is 6.92 Å². The molecule has 0 aromatic carbocycles. The fourth-order valence-corrected chi connectivity index (χ4v) is 2.53. The van der Waals surface area contributed by atoms with Crippen molar-refractivity contribution in [1.29, 1.82) is 0 Å². The van der Waals surface area contributed by atoms with E-state index in [1.807, 2.05) is 6.20 Å². The molecule has 0 atom stereocenters. The van der Waals surface area contributed by atoms with E-state index in [4.69, 9.17) is 0 Å². The molecule has 0 bridgehead atoms. The number of hydrogen-bond donors (Lipinski definition) is 0. The molecule has 0 amide bonds. The van der Waals surface area contributed by atoms with Gasteiger partial charge >= 0.3 is 0 Å². The predicted molar refractivity (Wildman–Crippen MR) is 84.5 cm³/mol. The van der Waals surface area contributed by atoms with Crippen LogP contribution < -0.4 is 0 Å². The normalized spacial score (nSPS) is 10.8. The Morgan fingerprint density at radius 2 is 1.42 bits per heavy atom. The molecule has 1 heteroatoms. The Labute approximate surface area is 119 Å². The van der Waals surface area contributed by atoms with Crippen molar-refractivity contribution in [3.8, 4) is 0 Å². The molecule has 0 spiro atoms. The van der Waals surface area contributed by atoms with E-state index in [0.29, 0.717) is 0 Å². The maximum Gasteiger partial charge on any atom is 0.0406 e. The molecule has 19 heavy (non-hydrogen) atoms. The lowest BCUT2D eigenvalue weighted by Gasteiger charge is -2.03. The van der Waals surface area contributed by atoms with E-state index in [-0.39, 0.29) is 0 Å². The van der Waals surface area contributed by atoms with Crippen LogP contribution in [0.25, 0.3) is 0 Å². The average molecular weight is 261 g/mol. The lowest BCUT2D eigenvalue weighted by Crippen LogP contribution is -1.91. The van der Waals surface area contributed by atoms with Crippen molar-refractivity contribution in [2.75, 3.05) is 0 Å². The molecular weight excluding hydrogens is 230 g/mol. The molecule has 108 valence electrons. The van der Waals surface area contributed by atoms with E-state index < -0.39 is 0 Å². The van der Waals surface area contributed by atoms with Crippen LogP contribution in [0.5, 0.6) is 0 Å². The molecule has 1 heterocycles. The summed E-state index contributed by atoms with van der Waals surface area (Å²) < 4.78 is 0. The number of rotatable bonds is 11. The van der Waals surface area contributed by atoms with Crippen molar-refractivity contribution in [2.24, 2.45) is 0 Å². The second-order valence-corrected chi connectivity index (χ2v) is 5.76. The van der Waals surface area contributed by atoms with Gasteiger partial charge < -0.3 is 0 Å². The summed E-state index contributed by atoms with van der Waals surface area (Å²) in [6.45, 7) is 4.42. The van der Waals surface area contributed by atoms with Gasteiger partial charge in [0.05, 0.1) is 0 Å². The maximum atomic E-state index is 4.42. The average Bonchev–Trinajstić information content (AvgIpc) is 2.41. The standard InChI is InChI=1S/C18H31N/c1-3-4-5-6-7-8-9-10-11-12-13-18-16-17(2)14-15-19-18/h14-16H,3-13H2,1-2H3. The third-order valence-electron chi connectivity index (χ3n) is 3.76. The van der Waals surface area contributed by atoms with Crippen molar-refractivity contribution in [2.45, 2.75) is 84.5 Å². The molecular formula is C18H31N. The molecule has 0 unspecified atom stereocenters. The Balaban J connectivity index is 1.89. The summed E-state index contributed by atoms with van der Waals surface area (Å²) in [4.78, 5) is 4.42. The molecule has 0 radical (unpaired) electrons. The Hall–Kier alpha value is -0.850. The van der Waals surface area contributed by atoms with Gasteiger partial charge in [0.2, 0.25) is 0 Å². The molecule has 0 aliphatic heterocycles. The number of aromatic nitrogens is 1. The maximum absolute atomic E-state index is 4.42. The first kappa shape index (κ1) is 16.2. The smallest absolute Gasteiger partial charge is 0.0406 e. The summed E-state index contributed by atoms with van der Waals surface area (Å²) in [5.74, 6) is 0. The molecule has 1 nitrogen and oxygen atoms in total. The van der Waals surface area contributed by atoms with Crippen LogP contribution in [-0.4, -0.2) is 4.98 Å².